The molecular formula is C20H25N5O3. The van der Waals surface area contributed by atoms with Crippen molar-refractivity contribution in [1.29, 1.82) is 0 Å². The van der Waals surface area contributed by atoms with Gasteiger partial charge in [-0.1, -0.05) is 12.1 Å². The minimum absolute atomic E-state index is 0.0455. The quantitative estimate of drug-likeness (QED) is 0.757. The molecular weight excluding hydrogens is 358 g/mol. The van der Waals surface area contributed by atoms with Crippen molar-refractivity contribution in [1.82, 2.24) is 24.9 Å². The Morgan fingerprint density at radius 1 is 1.32 bits per heavy atom. The van der Waals surface area contributed by atoms with Crippen LogP contribution in [0.3, 0.4) is 0 Å². The number of hydrogen-bond donors (Lipinski definition) is 0. The van der Waals surface area contributed by atoms with Crippen molar-refractivity contribution in [2.75, 3.05) is 19.6 Å². The van der Waals surface area contributed by atoms with E-state index in [1.165, 1.54) is 0 Å². The molecule has 0 N–H and O–H groups in total. The van der Waals surface area contributed by atoms with E-state index in [1.54, 1.807) is 12.4 Å². The number of amides is 2. The van der Waals surface area contributed by atoms with Gasteiger partial charge in [0.2, 0.25) is 23.5 Å². The van der Waals surface area contributed by atoms with E-state index in [1.807, 2.05) is 21.9 Å². The zero-order chi connectivity index (χ0) is 19.5. The number of piperidine rings is 1. The molecule has 3 fully saturated rings. The van der Waals surface area contributed by atoms with Crippen LogP contribution in [0.2, 0.25) is 0 Å². The maximum atomic E-state index is 12.8. The fourth-order valence-corrected chi connectivity index (χ4v) is 4.12. The van der Waals surface area contributed by atoms with Crippen molar-refractivity contribution >= 4 is 11.8 Å². The zero-order valence-electron chi connectivity index (χ0n) is 16.1. The van der Waals surface area contributed by atoms with Gasteiger partial charge in [-0.05, 0) is 31.4 Å². The number of nitrogens with zero attached hydrogens (tertiary/aromatic N) is 5. The molecule has 0 aliphatic carbocycles. The molecule has 8 heteroatoms. The normalized spacial score (nSPS) is 21.8. The van der Waals surface area contributed by atoms with Crippen LogP contribution in [0.1, 0.15) is 38.5 Å². The summed E-state index contributed by atoms with van der Waals surface area (Å²) in [6, 6.07) is 3.82. The standard InChI is InChI=1S/C20H25N5O3/c1-2-10-25-16-6-5-15(20(25)27)12-24(13-16)18(26)8-7-17-22-19(23-28-17)14-4-3-9-21-11-14/h3-4,9,11,15-16H,2,5-8,10,12-13H2,1H3/t15-,16+/m1/s1. The van der Waals surface area contributed by atoms with Crippen LogP contribution in [-0.2, 0) is 16.0 Å². The molecule has 2 aromatic heterocycles. The zero-order valence-corrected chi connectivity index (χ0v) is 16.1. The predicted octanol–water partition coefficient (Wildman–Crippen LogP) is 1.92. The Morgan fingerprint density at radius 3 is 3.00 bits per heavy atom. The Labute approximate surface area is 163 Å². The summed E-state index contributed by atoms with van der Waals surface area (Å²) in [6.45, 7) is 4.02. The molecule has 0 saturated carbocycles. The minimum Gasteiger partial charge on any atom is -0.340 e. The smallest absolute Gasteiger partial charge is 0.227 e. The van der Waals surface area contributed by atoms with Gasteiger partial charge in [0.05, 0.1) is 5.92 Å². The molecule has 0 spiro atoms. The summed E-state index contributed by atoms with van der Waals surface area (Å²) in [5, 5.41) is 3.96. The van der Waals surface area contributed by atoms with Crippen molar-refractivity contribution in [3.8, 4) is 11.4 Å². The molecule has 0 unspecified atom stereocenters. The highest BCUT2D eigenvalue weighted by molar-refractivity contribution is 5.83. The van der Waals surface area contributed by atoms with Crippen LogP contribution >= 0.6 is 0 Å². The summed E-state index contributed by atoms with van der Waals surface area (Å²) >= 11 is 0. The van der Waals surface area contributed by atoms with Gasteiger partial charge in [-0.3, -0.25) is 14.6 Å². The van der Waals surface area contributed by atoms with Gasteiger partial charge in [0.15, 0.2) is 0 Å². The van der Waals surface area contributed by atoms with Gasteiger partial charge in [0, 0.05) is 56.5 Å². The monoisotopic (exact) mass is 383 g/mol. The average Bonchev–Trinajstić information content (AvgIpc) is 3.03. The third-order valence-electron chi connectivity index (χ3n) is 5.55. The average molecular weight is 383 g/mol. The summed E-state index contributed by atoms with van der Waals surface area (Å²) in [7, 11) is 0. The van der Waals surface area contributed by atoms with Crippen LogP contribution in [0.25, 0.3) is 11.4 Å². The van der Waals surface area contributed by atoms with E-state index >= 15 is 0 Å². The SMILES string of the molecule is CCCN1C(=O)[C@@H]2CC[C@H]1CN(C(=O)CCc1nc(-c3cccnc3)no1)C2. The van der Waals surface area contributed by atoms with Crippen LogP contribution in [0.4, 0.5) is 0 Å². The summed E-state index contributed by atoms with van der Waals surface area (Å²) in [4.78, 5) is 37.7. The van der Waals surface area contributed by atoms with E-state index in [4.69, 9.17) is 4.52 Å². The first-order chi connectivity index (χ1) is 13.7. The number of carbonyl (C=O) groups is 2. The third-order valence-corrected chi connectivity index (χ3v) is 5.55. The van der Waals surface area contributed by atoms with E-state index in [2.05, 4.69) is 22.0 Å². The molecule has 148 valence electrons. The van der Waals surface area contributed by atoms with Crippen LogP contribution in [-0.4, -0.2) is 62.4 Å². The number of carbonyl (C=O) groups excluding carboxylic acids is 2. The topological polar surface area (TPSA) is 92.4 Å². The highest BCUT2D eigenvalue weighted by atomic mass is 16.5. The third kappa shape index (κ3) is 3.76. The summed E-state index contributed by atoms with van der Waals surface area (Å²) < 4.78 is 5.28. The highest BCUT2D eigenvalue weighted by Gasteiger charge is 2.41. The Bertz CT molecular complexity index is 837. The fraction of sp³-hybridized carbons (Fsp3) is 0.550. The first-order valence-corrected chi connectivity index (χ1v) is 9.97. The van der Waals surface area contributed by atoms with E-state index < -0.39 is 0 Å². The lowest BCUT2D eigenvalue weighted by molar-refractivity contribution is -0.139. The number of hydrogen-bond acceptors (Lipinski definition) is 6. The van der Waals surface area contributed by atoms with Gasteiger partial charge in [0.25, 0.3) is 0 Å². The van der Waals surface area contributed by atoms with E-state index in [0.717, 1.165) is 31.4 Å². The lowest BCUT2D eigenvalue weighted by Gasteiger charge is -2.35. The molecule has 3 aliphatic heterocycles. The number of aromatic nitrogens is 3. The van der Waals surface area contributed by atoms with Crippen molar-refractivity contribution in [2.24, 2.45) is 5.92 Å². The summed E-state index contributed by atoms with van der Waals surface area (Å²) in [5.41, 5.74) is 0.780. The second-order valence-electron chi connectivity index (χ2n) is 7.51. The fourth-order valence-electron chi connectivity index (χ4n) is 4.12. The lowest BCUT2D eigenvalue weighted by atomic mass is 9.94. The molecule has 2 bridgehead atoms. The van der Waals surface area contributed by atoms with Gasteiger partial charge < -0.3 is 14.3 Å². The molecule has 2 aromatic rings. The first-order valence-electron chi connectivity index (χ1n) is 9.97. The maximum Gasteiger partial charge on any atom is 0.227 e. The molecule has 2 atom stereocenters. The molecule has 2 amide bonds. The van der Waals surface area contributed by atoms with E-state index in [0.29, 0.717) is 37.6 Å². The van der Waals surface area contributed by atoms with Gasteiger partial charge in [-0.2, -0.15) is 4.98 Å². The highest BCUT2D eigenvalue weighted by Crippen LogP contribution is 2.29. The number of aryl methyl sites for hydroxylation is 1. The number of pyridine rings is 1. The second-order valence-corrected chi connectivity index (χ2v) is 7.51. The predicted molar refractivity (Wildman–Crippen MR) is 101 cm³/mol. The number of rotatable bonds is 6. The van der Waals surface area contributed by atoms with Gasteiger partial charge >= 0.3 is 0 Å². The van der Waals surface area contributed by atoms with Crippen molar-refractivity contribution in [2.45, 2.75) is 45.1 Å². The second kappa shape index (κ2) is 8.08. The largest absolute Gasteiger partial charge is 0.340 e. The van der Waals surface area contributed by atoms with Gasteiger partial charge in [-0.25, -0.2) is 0 Å². The molecule has 5 rings (SSSR count). The van der Waals surface area contributed by atoms with Crippen molar-refractivity contribution < 1.29 is 14.1 Å². The van der Waals surface area contributed by atoms with E-state index in [9.17, 15) is 9.59 Å². The van der Waals surface area contributed by atoms with Gasteiger partial charge in [0.1, 0.15) is 0 Å². The van der Waals surface area contributed by atoms with Crippen LogP contribution in [0.15, 0.2) is 29.0 Å². The Kier molecular flexibility index (Phi) is 5.36. The van der Waals surface area contributed by atoms with Crippen LogP contribution in [0, 0.1) is 5.92 Å². The van der Waals surface area contributed by atoms with E-state index in [-0.39, 0.29) is 23.8 Å². The first kappa shape index (κ1) is 18.6. The molecule has 5 heterocycles. The van der Waals surface area contributed by atoms with Crippen LogP contribution in [0.5, 0.6) is 0 Å². The van der Waals surface area contributed by atoms with Crippen molar-refractivity contribution in [3.05, 3.63) is 30.4 Å². The number of fused-ring (bicyclic) bond motifs is 4. The van der Waals surface area contributed by atoms with Gasteiger partial charge in [-0.15, -0.1) is 0 Å². The Hall–Kier alpha value is -2.77. The van der Waals surface area contributed by atoms with Crippen molar-refractivity contribution in [3.63, 3.8) is 0 Å². The summed E-state index contributed by atoms with van der Waals surface area (Å²) in [5.74, 6) is 1.11. The molecule has 8 nitrogen and oxygen atoms in total. The molecule has 3 saturated heterocycles. The van der Waals surface area contributed by atoms with Crippen LogP contribution < -0.4 is 0 Å². The lowest BCUT2D eigenvalue weighted by Crippen LogP contribution is -2.48. The minimum atomic E-state index is -0.0603. The summed E-state index contributed by atoms with van der Waals surface area (Å²) in [6.07, 6.45) is 6.86. The maximum absolute atomic E-state index is 12.8. The Balaban J connectivity index is 1.37. The molecule has 3 aliphatic rings. The molecule has 0 aromatic carbocycles. The Morgan fingerprint density at radius 2 is 2.21 bits per heavy atom. The molecule has 28 heavy (non-hydrogen) atoms. The molecule has 0 radical (unpaired) electrons.